The molecule has 0 bridgehead atoms. The van der Waals surface area contributed by atoms with Crippen molar-refractivity contribution in [1.29, 1.82) is 0 Å². The molecule has 2 aromatic heterocycles. The minimum Gasteiger partial charge on any atom is -0.271 e. The van der Waals surface area contributed by atoms with Crippen LogP contribution in [0.25, 0.3) is 0 Å². The van der Waals surface area contributed by atoms with Crippen LogP contribution >= 0.6 is 22.7 Å². The van der Waals surface area contributed by atoms with Gasteiger partial charge >= 0.3 is 0 Å². The Bertz CT molecular complexity index is 420. The second-order valence-electron chi connectivity index (χ2n) is 3.71. The smallest absolute Gasteiger partial charge is 0.0593 e. The van der Waals surface area contributed by atoms with Crippen LogP contribution in [0.2, 0.25) is 0 Å². The molecule has 1 atom stereocenters. The summed E-state index contributed by atoms with van der Waals surface area (Å²) >= 11 is 3.58. The fourth-order valence-electron chi connectivity index (χ4n) is 1.66. The summed E-state index contributed by atoms with van der Waals surface area (Å²) in [5.41, 5.74) is 4.26. The molecule has 2 nitrogen and oxygen atoms in total. The van der Waals surface area contributed by atoms with Gasteiger partial charge in [-0.15, -0.1) is 11.3 Å². The van der Waals surface area contributed by atoms with Gasteiger partial charge in [-0.2, -0.15) is 11.3 Å². The van der Waals surface area contributed by atoms with Gasteiger partial charge in [-0.1, -0.05) is 6.92 Å². The Morgan fingerprint density at radius 3 is 2.81 bits per heavy atom. The highest BCUT2D eigenvalue weighted by Crippen LogP contribution is 2.26. The van der Waals surface area contributed by atoms with Crippen molar-refractivity contribution in [3.05, 3.63) is 44.3 Å². The number of nitrogens with one attached hydrogen (secondary N) is 1. The number of thiophene rings is 2. The topological polar surface area (TPSA) is 38.0 Å². The predicted molar refractivity (Wildman–Crippen MR) is 71.8 cm³/mol. The largest absolute Gasteiger partial charge is 0.271 e. The molecule has 0 amide bonds. The second-order valence-corrected chi connectivity index (χ2v) is 5.69. The monoisotopic (exact) mass is 252 g/mol. The zero-order valence-corrected chi connectivity index (χ0v) is 10.9. The van der Waals surface area contributed by atoms with Crippen LogP contribution in [0.4, 0.5) is 0 Å². The Kier molecular flexibility index (Phi) is 4.12. The maximum atomic E-state index is 5.63. The maximum Gasteiger partial charge on any atom is 0.0593 e. The summed E-state index contributed by atoms with van der Waals surface area (Å²) in [7, 11) is 0. The fraction of sp³-hybridized carbons (Fsp3) is 0.333. The van der Waals surface area contributed by atoms with Gasteiger partial charge in [0.1, 0.15) is 0 Å². The molecule has 0 fully saturated rings. The van der Waals surface area contributed by atoms with Crippen LogP contribution in [-0.2, 0) is 12.8 Å². The van der Waals surface area contributed by atoms with E-state index in [9.17, 15) is 0 Å². The van der Waals surface area contributed by atoms with Crippen LogP contribution in [0.15, 0.2) is 29.0 Å². The highest BCUT2D eigenvalue weighted by Gasteiger charge is 2.12. The van der Waals surface area contributed by atoms with Crippen LogP contribution in [0, 0.1) is 0 Å². The SMILES string of the molecule is CCc1ccc(C(Cc2ccsc2)NN)s1. The molecular weight excluding hydrogens is 236 g/mol. The Labute approximate surface area is 104 Å². The first-order valence-corrected chi connectivity index (χ1v) is 7.15. The second kappa shape index (κ2) is 5.59. The Morgan fingerprint density at radius 1 is 1.38 bits per heavy atom. The molecule has 0 saturated carbocycles. The Balaban J connectivity index is 2.10. The van der Waals surface area contributed by atoms with Crippen molar-refractivity contribution in [3.8, 4) is 0 Å². The summed E-state index contributed by atoms with van der Waals surface area (Å²) in [6.07, 6.45) is 2.06. The zero-order valence-electron chi connectivity index (χ0n) is 9.27. The maximum absolute atomic E-state index is 5.63. The first-order valence-electron chi connectivity index (χ1n) is 5.39. The number of rotatable bonds is 5. The van der Waals surface area contributed by atoms with Crippen molar-refractivity contribution in [1.82, 2.24) is 5.43 Å². The standard InChI is InChI=1S/C12H16N2S2/c1-2-10-3-4-12(16-10)11(14-13)7-9-5-6-15-8-9/h3-6,8,11,14H,2,7,13H2,1H3. The highest BCUT2D eigenvalue weighted by atomic mass is 32.1. The molecule has 1 unspecified atom stereocenters. The van der Waals surface area contributed by atoms with Crippen LogP contribution in [-0.4, -0.2) is 0 Å². The molecule has 0 aromatic carbocycles. The van der Waals surface area contributed by atoms with E-state index in [0.717, 1.165) is 12.8 Å². The van der Waals surface area contributed by atoms with Gasteiger partial charge in [0.25, 0.3) is 0 Å². The predicted octanol–water partition coefficient (Wildman–Crippen LogP) is 3.12. The Morgan fingerprint density at radius 2 is 2.25 bits per heavy atom. The fourth-order valence-corrected chi connectivity index (χ4v) is 3.35. The number of hydrazine groups is 1. The van der Waals surface area contributed by atoms with Gasteiger partial charge in [0.15, 0.2) is 0 Å². The average molecular weight is 252 g/mol. The third kappa shape index (κ3) is 2.71. The van der Waals surface area contributed by atoms with Crippen molar-refractivity contribution < 1.29 is 0 Å². The molecule has 2 aromatic rings. The van der Waals surface area contributed by atoms with E-state index in [1.54, 1.807) is 11.3 Å². The van der Waals surface area contributed by atoms with E-state index in [1.165, 1.54) is 15.3 Å². The van der Waals surface area contributed by atoms with E-state index < -0.39 is 0 Å². The number of aryl methyl sites for hydroxylation is 1. The molecule has 0 aliphatic carbocycles. The summed E-state index contributed by atoms with van der Waals surface area (Å²) in [4.78, 5) is 2.74. The first-order chi connectivity index (χ1) is 7.83. The molecule has 3 N–H and O–H groups in total. The van der Waals surface area contributed by atoms with Gasteiger partial charge in [0.2, 0.25) is 0 Å². The lowest BCUT2D eigenvalue weighted by Crippen LogP contribution is -2.28. The summed E-state index contributed by atoms with van der Waals surface area (Å²) in [5.74, 6) is 5.63. The van der Waals surface area contributed by atoms with Crippen molar-refractivity contribution in [3.63, 3.8) is 0 Å². The van der Waals surface area contributed by atoms with Gasteiger partial charge in [0, 0.05) is 9.75 Å². The van der Waals surface area contributed by atoms with Gasteiger partial charge in [-0.3, -0.25) is 11.3 Å². The summed E-state index contributed by atoms with van der Waals surface area (Å²) < 4.78 is 0. The minimum atomic E-state index is 0.236. The normalized spacial score (nSPS) is 12.9. The van der Waals surface area contributed by atoms with E-state index in [4.69, 9.17) is 5.84 Å². The summed E-state index contributed by atoms with van der Waals surface area (Å²) in [5, 5.41) is 4.29. The van der Waals surface area contributed by atoms with Gasteiger partial charge in [-0.05, 0) is 47.4 Å². The lowest BCUT2D eigenvalue weighted by atomic mass is 10.1. The van der Waals surface area contributed by atoms with Crippen LogP contribution in [0.3, 0.4) is 0 Å². The summed E-state index contributed by atoms with van der Waals surface area (Å²) in [6, 6.07) is 6.77. The number of hydrogen-bond donors (Lipinski definition) is 2. The molecule has 0 saturated heterocycles. The third-order valence-corrected chi connectivity index (χ3v) is 4.67. The van der Waals surface area contributed by atoms with E-state index >= 15 is 0 Å². The lowest BCUT2D eigenvalue weighted by molar-refractivity contribution is 0.561. The molecule has 0 spiro atoms. The molecule has 0 radical (unpaired) electrons. The zero-order chi connectivity index (χ0) is 11.4. The van der Waals surface area contributed by atoms with Crippen LogP contribution in [0.1, 0.15) is 28.3 Å². The van der Waals surface area contributed by atoms with Crippen LogP contribution < -0.4 is 11.3 Å². The lowest BCUT2D eigenvalue weighted by Gasteiger charge is -2.12. The summed E-state index contributed by atoms with van der Waals surface area (Å²) in [6.45, 7) is 2.18. The molecule has 0 aliphatic heterocycles. The van der Waals surface area contributed by atoms with Crippen molar-refractivity contribution >= 4 is 22.7 Å². The molecule has 0 aliphatic rings. The average Bonchev–Trinajstić information content (AvgIpc) is 2.96. The highest BCUT2D eigenvalue weighted by molar-refractivity contribution is 7.12. The van der Waals surface area contributed by atoms with E-state index in [1.807, 2.05) is 11.3 Å². The van der Waals surface area contributed by atoms with Crippen molar-refractivity contribution in [2.45, 2.75) is 25.8 Å². The molecular formula is C12H16N2S2. The van der Waals surface area contributed by atoms with Gasteiger partial charge in [-0.25, -0.2) is 0 Å². The number of nitrogens with two attached hydrogens (primary N) is 1. The Hall–Kier alpha value is -0.680. The first kappa shape index (κ1) is 11.8. The number of hydrogen-bond acceptors (Lipinski definition) is 4. The van der Waals surface area contributed by atoms with Crippen LogP contribution in [0.5, 0.6) is 0 Å². The van der Waals surface area contributed by atoms with Gasteiger partial charge in [0.05, 0.1) is 6.04 Å². The van der Waals surface area contributed by atoms with Gasteiger partial charge < -0.3 is 0 Å². The molecule has 16 heavy (non-hydrogen) atoms. The van der Waals surface area contributed by atoms with E-state index in [0.29, 0.717) is 0 Å². The van der Waals surface area contributed by atoms with E-state index in [-0.39, 0.29) is 6.04 Å². The third-order valence-electron chi connectivity index (χ3n) is 2.60. The molecule has 4 heteroatoms. The molecule has 86 valence electrons. The minimum absolute atomic E-state index is 0.236. The van der Waals surface area contributed by atoms with Crippen molar-refractivity contribution in [2.75, 3.05) is 0 Å². The molecule has 2 heterocycles. The molecule has 2 rings (SSSR count). The van der Waals surface area contributed by atoms with Crippen molar-refractivity contribution in [2.24, 2.45) is 5.84 Å². The van der Waals surface area contributed by atoms with E-state index in [2.05, 4.69) is 41.3 Å². The quantitative estimate of drug-likeness (QED) is 0.634.